The van der Waals surface area contributed by atoms with Crippen molar-refractivity contribution in [3.8, 4) is 5.69 Å². The minimum atomic E-state index is -4.58. The number of hydrogen-bond acceptors (Lipinski definition) is 3. The van der Waals surface area contributed by atoms with Gasteiger partial charge < -0.3 is 4.90 Å². The van der Waals surface area contributed by atoms with Crippen LogP contribution in [0.25, 0.3) is 5.69 Å². The quantitative estimate of drug-likeness (QED) is 0.535. The summed E-state index contributed by atoms with van der Waals surface area (Å²) >= 11 is 0. The number of halogens is 4. The first-order valence-corrected chi connectivity index (χ1v) is 10.4. The number of carbonyl (C=O) groups is 1. The normalized spacial score (nSPS) is 17.3. The zero-order chi connectivity index (χ0) is 23.2. The van der Waals surface area contributed by atoms with Crippen LogP contribution in [-0.2, 0) is 17.4 Å². The van der Waals surface area contributed by atoms with Gasteiger partial charge in [0.2, 0.25) is 0 Å². The van der Waals surface area contributed by atoms with Crippen molar-refractivity contribution >= 4 is 11.6 Å². The third-order valence-electron chi connectivity index (χ3n) is 5.83. The molecule has 3 heterocycles. The molecule has 1 aromatic carbocycles. The first-order valence-electron chi connectivity index (χ1n) is 10.4. The number of hydrogen-bond donors (Lipinski definition) is 0. The van der Waals surface area contributed by atoms with Crippen molar-refractivity contribution in [2.24, 2.45) is 0 Å². The van der Waals surface area contributed by atoms with E-state index in [0.29, 0.717) is 24.2 Å². The van der Waals surface area contributed by atoms with Gasteiger partial charge in [0.25, 0.3) is 5.91 Å². The van der Waals surface area contributed by atoms with Gasteiger partial charge in [-0.05, 0) is 63.4 Å². The predicted octanol–water partition coefficient (Wildman–Crippen LogP) is 4.85. The van der Waals surface area contributed by atoms with Crippen LogP contribution in [0.15, 0.2) is 36.5 Å². The second-order valence-corrected chi connectivity index (χ2v) is 8.00. The fraction of sp³-hybridized carbons (Fsp3) is 0.409. The van der Waals surface area contributed by atoms with Gasteiger partial charge in [-0.25, -0.2) is 9.07 Å². The molecule has 1 aliphatic heterocycles. The number of fused-ring (bicyclic) bond motifs is 1. The van der Waals surface area contributed by atoms with E-state index in [4.69, 9.17) is 0 Å². The van der Waals surface area contributed by atoms with Gasteiger partial charge in [0.1, 0.15) is 11.9 Å². The maximum atomic E-state index is 13.6. The van der Waals surface area contributed by atoms with Crippen LogP contribution in [0, 0.1) is 12.7 Å². The van der Waals surface area contributed by atoms with E-state index in [0.717, 1.165) is 16.4 Å². The molecule has 2 unspecified atom stereocenters. The molecule has 4 rings (SSSR count). The van der Waals surface area contributed by atoms with E-state index in [1.54, 1.807) is 34.8 Å². The van der Waals surface area contributed by atoms with E-state index in [9.17, 15) is 22.4 Å². The monoisotopic (exact) mass is 449 g/mol. The molecule has 2 atom stereocenters. The van der Waals surface area contributed by atoms with Crippen molar-refractivity contribution in [2.45, 2.75) is 58.3 Å². The van der Waals surface area contributed by atoms with E-state index < -0.39 is 17.9 Å². The summed E-state index contributed by atoms with van der Waals surface area (Å²) < 4.78 is 55.6. The topological polar surface area (TPSA) is 56.0 Å². The smallest absolute Gasteiger partial charge is 0.305 e. The number of amides is 1. The molecule has 0 saturated heterocycles. The largest absolute Gasteiger partial charge is 0.435 e. The highest BCUT2D eigenvalue weighted by Gasteiger charge is 2.39. The summed E-state index contributed by atoms with van der Waals surface area (Å²) in [6.07, 6.45) is -1.40. The molecule has 0 N–H and O–H groups in total. The van der Waals surface area contributed by atoms with Gasteiger partial charge in [-0.3, -0.25) is 9.48 Å². The van der Waals surface area contributed by atoms with Crippen molar-refractivity contribution in [1.82, 2.24) is 19.6 Å². The molecular weight excluding hydrogens is 426 g/mol. The van der Waals surface area contributed by atoms with Crippen molar-refractivity contribution < 1.29 is 22.4 Å². The SMILES string of the molecule is CCC(C(=O)N1c2cnn(-c3ccc(F)cc3)c2CCC1C)n1nc(C(F)(F)F)cc1C. The second-order valence-electron chi connectivity index (χ2n) is 8.00. The van der Waals surface area contributed by atoms with E-state index in [1.165, 1.54) is 19.1 Å². The maximum Gasteiger partial charge on any atom is 0.435 e. The molecule has 10 heteroatoms. The Labute approximate surface area is 182 Å². The Hall–Kier alpha value is -3.17. The number of anilines is 1. The summed E-state index contributed by atoms with van der Waals surface area (Å²) in [7, 11) is 0. The van der Waals surface area contributed by atoms with Crippen LogP contribution < -0.4 is 4.90 Å². The highest BCUT2D eigenvalue weighted by atomic mass is 19.4. The average molecular weight is 449 g/mol. The minimum absolute atomic E-state index is 0.159. The Morgan fingerprint density at radius 3 is 2.53 bits per heavy atom. The van der Waals surface area contributed by atoms with Crippen LogP contribution >= 0.6 is 0 Å². The molecular formula is C22H23F4N5O. The fourth-order valence-electron chi connectivity index (χ4n) is 4.21. The number of aryl methyl sites for hydroxylation is 1. The number of benzene rings is 1. The minimum Gasteiger partial charge on any atom is -0.305 e. The van der Waals surface area contributed by atoms with E-state index in [-0.39, 0.29) is 29.9 Å². The second kappa shape index (κ2) is 8.07. The van der Waals surface area contributed by atoms with Gasteiger partial charge in [-0.2, -0.15) is 23.4 Å². The van der Waals surface area contributed by atoms with E-state index >= 15 is 0 Å². The summed E-state index contributed by atoms with van der Waals surface area (Å²) in [5.41, 5.74) is 1.32. The fourth-order valence-corrected chi connectivity index (χ4v) is 4.21. The van der Waals surface area contributed by atoms with Crippen molar-refractivity contribution in [1.29, 1.82) is 0 Å². The summed E-state index contributed by atoms with van der Waals surface area (Å²) in [6.45, 7) is 5.16. The zero-order valence-electron chi connectivity index (χ0n) is 17.9. The van der Waals surface area contributed by atoms with Crippen LogP contribution in [-0.4, -0.2) is 31.5 Å². The molecule has 32 heavy (non-hydrogen) atoms. The summed E-state index contributed by atoms with van der Waals surface area (Å²) in [6, 6.07) is 5.79. The highest BCUT2D eigenvalue weighted by molar-refractivity contribution is 5.97. The lowest BCUT2D eigenvalue weighted by atomic mass is 10.00. The average Bonchev–Trinajstić information content (AvgIpc) is 3.33. The molecule has 1 aliphatic rings. The molecule has 1 amide bonds. The number of aromatic nitrogens is 4. The number of nitrogens with zero attached hydrogens (tertiary/aromatic N) is 5. The highest BCUT2D eigenvalue weighted by Crippen LogP contribution is 2.35. The Bertz CT molecular complexity index is 1130. The molecule has 170 valence electrons. The summed E-state index contributed by atoms with van der Waals surface area (Å²) in [4.78, 5) is 15.2. The van der Waals surface area contributed by atoms with E-state index in [2.05, 4.69) is 10.2 Å². The van der Waals surface area contributed by atoms with Crippen LogP contribution in [0.4, 0.5) is 23.2 Å². The molecule has 0 bridgehead atoms. The number of carbonyl (C=O) groups excluding carboxylic acids is 1. The van der Waals surface area contributed by atoms with Gasteiger partial charge in [-0.15, -0.1) is 0 Å². The number of rotatable bonds is 4. The van der Waals surface area contributed by atoms with Crippen LogP contribution in [0.1, 0.15) is 49.8 Å². The molecule has 0 aliphatic carbocycles. The Kier molecular flexibility index (Phi) is 5.56. The van der Waals surface area contributed by atoms with Crippen molar-refractivity contribution in [2.75, 3.05) is 4.90 Å². The third-order valence-corrected chi connectivity index (χ3v) is 5.83. The van der Waals surface area contributed by atoms with Crippen molar-refractivity contribution in [3.05, 3.63) is 59.4 Å². The maximum absolute atomic E-state index is 13.6. The predicted molar refractivity (Wildman–Crippen MR) is 110 cm³/mol. The van der Waals surface area contributed by atoms with Crippen molar-refractivity contribution in [3.63, 3.8) is 0 Å². The lowest BCUT2D eigenvalue weighted by molar-refractivity contribution is -0.142. The molecule has 3 aromatic rings. The molecule has 0 saturated carbocycles. The Balaban J connectivity index is 1.71. The molecule has 0 fully saturated rings. The van der Waals surface area contributed by atoms with Gasteiger partial charge in [0, 0.05) is 11.7 Å². The lowest BCUT2D eigenvalue weighted by Crippen LogP contribution is -2.46. The summed E-state index contributed by atoms with van der Waals surface area (Å²) in [5, 5.41) is 8.10. The summed E-state index contributed by atoms with van der Waals surface area (Å²) in [5.74, 6) is -0.696. The first kappa shape index (κ1) is 22.0. The Morgan fingerprint density at radius 1 is 1.25 bits per heavy atom. The van der Waals surface area contributed by atoms with E-state index in [1.807, 2.05) is 6.92 Å². The van der Waals surface area contributed by atoms with Gasteiger partial charge in [0.15, 0.2) is 5.69 Å². The van der Waals surface area contributed by atoms with Gasteiger partial charge in [-0.1, -0.05) is 6.92 Å². The Morgan fingerprint density at radius 2 is 1.94 bits per heavy atom. The molecule has 2 aromatic heterocycles. The zero-order valence-corrected chi connectivity index (χ0v) is 17.9. The lowest BCUT2D eigenvalue weighted by Gasteiger charge is -2.36. The molecule has 0 radical (unpaired) electrons. The van der Waals surface area contributed by atoms with Crippen LogP contribution in [0.3, 0.4) is 0 Å². The first-order chi connectivity index (χ1) is 15.1. The molecule has 0 spiro atoms. The third kappa shape index (κ3) is 3.78. The van der Waals surface area contributed by atoms with Crippen LogP contribution in [0.5, 0.6) is 0 Å². The standard InChI is InChI=1S/C22H23F4N5O/c1-4-17(30-14(3)11-20(28-30)22(24,25)26)21(32)29-13(2)5-10-18-19(29)12-27-31(18)16-8-6-15(23)7-9-16/h6-9,11-13,17H,4-5,10H2,1-3H3. The van der Waals surface area contributed by atoms with Gasteiger partial charge in [0.05, 0.1) is 23.3 Å². The molecule has 6 nitrogen and oxygen atoms in total. The van der Waals surface area contributed by atoms with Gasteiger partial charge >= 0.3 is 6.18 Å². The number of alkyl halides is 3. The van der Waals surface area contributed by atoms with Crippen LogP contribution in [0.2, 0.25) is 0 Å².